The van der Waals surface area contributed by atoms with E-state index in [1.807, 2.05) is 6.07 Å². The molecule has 2 rings (SSSR count). The zero-order chi connectivity index (χ0) is 10.1. The molecule has 3 heteroatoms. The number of nitrogens with two attached hydrogens (primary N) is 1. The average Bonchev–Trinajstić information content (AvgIpc) is 2.46. The third-order valence-electron chi connectivity index (χ3n) is 2.92. The number of nitrogen functional groups attached to an aromatic ring is 1. The van der Waals surface area contributed by atoms with Gasteiger partial charge in [0.05, 0.1) is 17.6 Å². The molecular weight excluding hydrogens is 174 g/mol. The van der Waals surface area contributed by atoms with Gasteiger partial charge in [0.15, 0.2) is 0 Å². The molecule has 2 heterocycles. The maximum absolute atomic E-state index is 5.90. The third-order valence-corrected chi connectivity index (χ3v) is 2.92. The van der Waals surface area contributed by atoms with E-state index >= 15 is 0 Å². The summed E-state index contributed by atoms with van der Waals surface area (Å²) >= 11 is 0. The van der Waals surface area contributed by atoms with E-state index in [-0.39, 0.29) is 0 Å². The van der Waals surface area contributed by atoms with E-state index in [2.05, 4.69) is 23.7 Å². The second-order valence-corrected chi connectivity index (χ2v) is 4.28. The van der Waals surface area contributed by atoms with Crippen molar-refractivity contribution in [2.75, 3.05) is 17.2 Å². The van der Waals surface area contributed by atoms with Gasteiger partial charge in [-0.1, -0.05) is 6.92 Å². The molecule has 0 amide bonds. The highest BCUT2D eigenvalue weighted by molar-refractivity contribution is 5.66. The quantitative estimate of drug-likeness (QED) is 0.737. The predicted octanol–water partition coefficient (Wildman–Crippen LogP) is 1.90. The second kappa shape index (κ2) is 3.48. The van der Waals surface area contributed by atoms with E-state index in [1.54, 1.807) is 12.4 Å². The van der Waals surface area contributed by atoms with Gasteiger partial charge in [0, 0.05) is 18.8 Å². The van der Waals surface area contributed by atoms with E-state index in [0.717, 1.165) is 23.8 Å². The summed E-state index contributed by atoms with van der Waals surface area (Å²) in [6, 6.07) is 2.60. The van der Waals surface area contributed by atoms with Gasteiger partial charge < -0.3 is 10.6 Å². The molecule has 2 N–H and O–H groups in total. The highest BCUT2D eigenvalue weighted by Crippen LogP contribution is 2.31. The number of hydrogen-bond donors (Lipinski definition) is 1. The lowest BCUT2D eigenvalue weighted by atomic mass is 10.1. The van der Waals surface area contributed by atoms with Crippen LogP contribution in [0.25, 0.3) is 0 Å². The van der Waals surface area contributed by atoms with Gasteiger partial charge in [-0.2, -0.15) is 0 Å². The van der Waals surface area contributed by atoms with Gasteiger partial charge in [-0.25, -0.2) is 0 Å². The van der Waals surface area contributed by atoms with Gasteiger partial charge in [0.2, 0.25) is 0 Å². The molecule has 0 aromatic carbocycles. The van der Waals surface area contributed by atoms with E-state index in [9.17, 15) is 0 Å². The van der Waals surface area contributed by atoms with Gasteiger partial charge in [0.1, 0.15) is 0 Å². The molecule has 3 nitrogen and oxygen atoms in total. The SMILES string of the molecule is CC1CC(C)N(c2ccncc2N)C1. The number of rotatable bonds is 1. The van der Waals surface area contributed by atoms with E-state index in [1.165, 1.54) is 6.42 Å². The van der Waals surface area contributed by atoms with Gasteiger partial charge in [-0.3, -0.25) is 4.98 Å². The van der Waals surface area contributed by atoms with Crippen LogP contribution in [-0.4, -0.2) is 17.6 Å². The van der Waals surface area contributed by atoms with Crippen LogP contribution in [0, 0.1) is 5.92 Å². The van der Waals surface area contributed by atoms with Crippen molar-refractivity contribution in [3.05, 3.63) is 18.5 Å². The molecule has 14 heavy (non-hydrogen) atoms. The molecule has 0 radical (unpaired) electrons. The highest BCUT2D eigenvalue weighted by Gasteiger charge is 2.27. The Balaban J connectivity index is 2.27. The molecule has 76 valence electrons. The fourth-order valence-corrected chi connectivity index (χ4v) is 2.30. The third kappa shape index (κ3) is 1.54. The summed E-state index contributed by atoms with van der Waals surface area (Å²) in [6.07, 6.45) is 4.79. The largest absolute Gasteiger partial charge is 0.396 e. The van der Waals surface area contributed by atoms with Crippen LogP contribution in [0.5, 0.6) is 0 Å². The van der Waals surface area contributed by atoms with Crippen LogP contribution < -0.4 is 10.6 Å². The fourth-order valence-electron chi connectivity index (χ4n) is 2.30. The summed E-state index contributed by atoms with van der Waals surface area (Å²) < 4.78 is 0. The maximum Gasteiger partial charge on any atom is 0.0738 e. The first-order valence-electron chi connectivity index (χ1n) is 5.14. The summed E-state index contributed by atoms with van der Waals surface area (Å²) in [6.45, 7) is 5.65. The molecular formula is C11H17N3. The van der Waals surface area contributed by atoms with Crippen LogP contribution in [0.3, 0.4) is 0 Å². The Bertz CT molecular complexity index is 324. The molecule has 1 saturated heterocycles. The number of pyridine rings is 1. The van der Waals surface area contributed by atoms with Gasteiger partial charge in [0.25, 0.3) is 0 Å². The Labute approximate surface area is 84.9 Å². The summed E-state index contributed by atoms with van der Waals surface area (Å²) in [7, 11) is 0. The van der Waals surface area contributed by atoms with Crippen LogP contribution in [0.15, 0.2) is 18.5 Å². The molecule has 1 aromatic rings. The lowest BCUT2D eigenvalue weighted by Crippen LogP contribution is -2.27. The standard InChI is InChI=1S/C11H17N3/c1-8-5-9(2)14(7-8)11-3-4-13-6-10(11)12/h3-4,6,8-9H,5,7,12H2,1-2H3. The minimum atomic E-state index is 0.592. The summed E-state index contributed by atoms with van der Waals surface area (Å²) in [5.74, 6) is 0.762. The Morgan fingerprint density at radius 1 is 1.50 bits per heavy atom. The molecule has 0 saturated carbocycles. The van der Waals surface area contributed by atoms with Crippen molar-refractivity contribution in [1.29, 1.82) is 0 Å². The Morgan fingerprint density at radius 3 is 2.86 bits per heavy atom. The van der Waals surface area contributed by atoms with E-state index in [4.69, 9.17) is 5.73 Å². The van der Waals surface area contributed by atoms with Gasteiger partial charge in [-0.15, -0.1) is 0 Å². The number of nitrogens with zero attached hydrogens (tertiary/aromatic N) is 2. The van der Waals surface area contributed by atoms with Crippen LogP contribution >= 0.6 is 0 Å². The van der Waals surface area contributed by atoms with Crippen LogP contribution in [0.4, 0.5) is 11.4 Å². The molecule has 0 aliphatic carbocycles. The molecule has 1 aliphatic rings. The normalized spacial score (nSPS) is 26.9. The lowest BCUT2D eigenvalue weighted by Gasteiger charge is -2.24. The zero-order valence-electron chi connectivity index (χ0n) is 8.77. The van der Waals surface area contributed by atoms with Crippen LogP contribution in [0.2, 0.25) is 0 Å². The van der Waals surface area contributed by atoms with Gasteiger partial charge >= 0.3 is 0 Å². The van der Waals surface area contributed by atoms with Crippen molar-refractivity contribution in [3.63, 3.8) is 0 Å². The summed E-state index contributed by atoms with van der Waals surface area (Å²) in [5, 5.41) is 0. The molecule has 1 aliphatic heterocycles. The maximum atomic E-state index is 5.90. The minimum absolute atomic E-state index is 0.592. The number of aromatic nitrogens is 1. The fraction of sp³-hybridized carbons (Fsp3) is 0.545. The smallest absolute Gasteiger partial charge is 0.0738 e. The van der Waals surface area contributed by atoms with Crippen LogP contribution in [-0.2, 0) is 0 Å². The van der Waals surface area contributed by atoms with Crippen molar-refractivity contribution in [2.24, 2.45) is 5.92 Å². The monoisotopic (exact) mass is 191 g/mol. The lowest BCUT2D eigenvalue weighted by molar-refractivity contribution is 0.625. The highest BCUT2D eigenvalue weighted by atomic mass is 15.2. The summed E-state index contributed by atoms with van der Waals surface area (Å²) in [4.78, 5) is 6.39. The van der Waals surface area contributed by atoms with Crippen molar-refractivity contribution >= 4 is 11.4 Å². The second-order valence-electron chi connectivity index (χ2n) is 4.28. The Morgan fingerprint density at radius 2 is 2.29 bits per heavy atom. The van der Waals surface area contributed by atoms with Crippen molar-refractivity contribution < 1.29 is 0 Å². The minimum Gasteiger partial charge on any atom is -0.396 e. The molecule has 2 unspecified atom stereocenters. The van der Waals surface area contributed by atoms with E-state index in [0.29, 0.717) is 6.04 Å². The van der Waals surface area contributed by atoms with Gasteiger partial charge in [-0.05, 0) is 25.3 Å². The molecule has 1 aromatic heterocycles. The first-order chi connectivity index (χ1) is 6.68. The van der Waals surface area contributed by atoms with Crippen molar-refractivity contribution in [3.8, 4) is 0 Å². The number of anilines is 2. The Kier molecular flexibility index (Phi) is 2.32. The number of hydrogen-bond acceptors (Lipinski definition) is 3. The van der Waals surface area contributed by atoms with Crippen molar-refractivity contribution in [1.82, 2.24) is 4.98 Å². The first kappa shape index (κ1) is 9.31. The topological polar surface area (TPSA) is 42.2 Å². The average molecular weight is 191 g/mol. The molecule has 0 bridgehead atoms. The Hall–Kier alpha value is -1.25. The first-order valence-corrected chi connectivity index (χ1v) is 5.14. The molecule has 0 spiro atoms. The summed E-state index contributed by atoms with van der Waals surface area (Å²) in [5.41, 5.74) is 7.83. The van der Waals surface area contributed by atoms with E-state index < -0.39 is 0 Å². The van der Waals surface area contributed by atoms with Crippen LogP contribution in [0.1, 0.15) is 20.3 Å². The van der Waals surface area contributed by atoms with Crippen molar-refractivity contribution in [2.45, 2.75) is 26.3 Å². The zero-order valence-corrected chi connectivity index (χ0v) is 8.77. The molecule has 2 atom stereocenters. The predicted molar refractivity (Wildman–Crippen MR) is 59.2 cm³/mol. The molecule has 1 fully saturated rings.